The molecule has 1 atom stereocenters. The predicted molar refractivity (Wildman–Crippen MR) is 53.6 cm³/mol. The van der Waals surface area contributed by atoms with Crippen LogP contribution in [0.2, 0.25) is 10.3 Å². The van der Waals surface area contributed by atoms with Gasteiger partial charge in [-0.2, -0.15) is 0 Å². The third kappa shape index (κ3) is 2.37. The Labute approximate surface area is 95.6 Å². The molecule has 0 bridgehead atoms. The molecule has 0 aromatic carbocycles. The Morgan fingerprint density at radius 1 is 1.33 bits per heavy atom. The number of nitrogens with zero attached hydrogens (tertiary/aromatic N) is 2. The van der Waals surface area contributed by atoms with Gasteiger partial charge in [-0.05, 0) is 24.0 Å². The second-order valence-corrected chi connectivity index (χ2v) is 4.45. The summed E-state index contributed by atoms with van der Waals surface area (Å²) >= 11 is 11.4. The van der Waals surface area contributed by atoms with Crippen LogP contribution in [0.1, 0.15) is 30.7 Å². The molecule has 15 heavy (non-hydrogen) atoms. The predicted octanol–water partition coefficient (Wildman–Crippen LogP) is 3.69. The van der Waals surface area contributed by atoms with Crippen molar-refractivity contribution < 1.29 is 8.78 Å². The molecule has 1 aromatic rings. The van der Waals surface area contributed by atoms with Gasteiger partial charge in [0.1, 0.15) is 0 Å². The van der Waals surface area contributed by atoms with Gasteiger partial charge in [0.05, 0.1) is 0 Å². The van der Waals surface area contributed by atoms with Crippen LogP contribution in [0.15, 0.2) is 6.07 Å². The molecule has 82 valence electrons. The van der Waals surface area contributed by atoms with Crippen LogP contribution in [0, 0.1) is 0 Å². The fourth-order valence-corrected chi connectivity index (χ4v) is 2.27. The lowest BCUT2D eigenvalue weighted by atomic mass is 10.00. The highest BCUT2D eigenvalue weighted by atomic mass is 35.5. The normalized spacial score (nSPS) is 24.4. The van der Waals surface area contributed by atoms with Crippen molar-refractivity contribution >= 4 is 23.2 Å². The van der Waals surface area contributed by atoms with Gasteiger partial charge in [-0.15, -0.1) is 10.2 Å². The van der Waals surface area contributed by atoms with Crippen molar-refractivity contribution in [2.24, 2.45) is 0 Å². The highest BCUT2D eigenvalue weighted by Crippen LogP contribution is 2.45. The summed E-state index contributed by atoms with van der Waals surface area (Å²) in [5.74, 6) is -2.86. The molecule has 1 unspecified atom stereocenters. The highest BCUT2D eigenvalue weighted by Gasteiger charge is 2.40. The number of alkyl halides is 2. The molecule has 1 aliphatic rings. The van der Waals surface area contributed by atoms with E-state index < -0.39 is 5.92 Å². The second kappa shape index (κ2) is 3.83. The second-order valence-electron chi connectivity index (χ2n) is 3.71. The number of hydrogen-bond donors (Lipinski definition) is 0. The summed E-state index contributed by atoms with van der Waals surface area (Å²) in [5, 5.41) is 7.51. The minimum absolute atomic E-state index is 0.103. The molecule has 1 aromatic heterocycles. The fourth-order valence-electron chi connectivity index (χ4n) is 1.87. The molecule has 0 aliphatic heterocycles. The number of rotatable bonds is 1. The van der Waals surface area contributed by atoms with E-state index in [1.807, 2.05) is 0 Å². The molecule has 2 rings (SSSR count). The average Bonchev–Trinajstić information content (AvgIpc) is 2.50. The first-order chi connectivity index (χ1) is 6.98. The Bertz CT molecular complexity index is 384. The van der Waals surface area contributed by atoms with Crippen molar-refractivity contribution in [3.05, 3.63) is 21.9 Å². The lowest BCUT2D eigenvalue weighted by Crippen LogP contribution is -2.09. The molecule has 1 aliphatic carbocycles. The van der Waals surface area contributed by atoms with Gasteiger partial charge in [0, 0.05) is 12.8 Å². The molecule has 0 saturated heterocycles. The monoisotopic (exact) mass is 252 g/mol. The van der Waals surface area contributed by atoms with Gasteiger partial charge in [0.25, 0.3) is 0 Å². The van der Waals surface area contributed by atoms with Crippen LogP contribution in [0.5, 0.6) is 0 Å². The van der Waals surface area contributed by atoms with Gasteiger partial charge >= 0.3 is 0 Å². The lowest BCUT2D eigenvalue weighted by molar-refractivity contribution is 0.00776. The summed E-state index contributed by atoms with van der Waals surface area (Å²) in [6, 6.07) is 1.52. The summed E-state index contributed by atoms with van der Waals surface area (Å²) in [6.07, 6.45) is 0.122. The Kier molecular flexibility index (Phi) is 2.81. The first-order valence-corrected chi connectivity index (χ1v) is 5.30. The van der Waals surface area contributed by atoms with E-state index in [-0.39, 0.29) is 29.1 Å². The highest BCUT2D eigenvalue weighted by molar-refractivity contribution is 6.31. The summed E-state index contributed by atoms with van der Waals surface area (Å²) in [4.78, 5) is 0. The molecule has 0 spiro atoms. The van der Waals surface area contributed by atoms with Crippen molar-refractivity contribution in [2.75, 3.05) is 0 Å². The van der Waals surface area contributed by atoms with E-state index in [9.17, 15) is 8.78 Å². The van der Waals surface area contributed by atoms with Crippen LogP contribution in [0.4, 0.5) is 8.78 Å². The number of hydrogen-bond acceptors (Lipinski definition) is 2. The van der Waals surface area contributed by atoms with Gasteiger partial charge in [-0.25, -0.2) is 8.78 Å². The standard InChI is InChI=1S/C9H8Cl2F2N2/c10-7-3-6(8(11)15-14-7)5-1-2-9(12,13)4-5/h3,5H,1-2,4H2. The molecule has 6 heteroatoms. The zero-order chi connectivity index (χ0) is 11.1. The summed E-state index contributed by atoms with van der Waals surface area (Å²) in [6.45, 7) is 0. The van der Waals surface area contributed by atoms with Crippen molar-refractivity contribution in [3.63, 3.8) is 0 Å². The van der Waals surface area contributed by atoms with E-state index in [4.69, 9.17) is 23.2 Å². The lowest BCUT2D eigenvalue weighted by Gasteiger charge is -2.11. The third-order valence-electron chi connectivity index (χ3n) is 2.59. The van der Waals surface area contributed by atoms with Crippen LogP contribution < -0.4 is 0 Å². The van der Waals surface area contributed by atoms with Gasteiger partial charge in [-0.3, -0.25) is 0 Å². The summed E-state index contributed by atoms with van der Waals surface area (Å²) in [7, 11) is 0. The molecular formula is C9H8Cl2F2N2. The average molecular weight is 253 g/mol. The molecule has 1 fully saturated rings. The maximum atomic E-state index is 13.0. The molecule has 1 saturated carbocycles. The SMILES string of the molecule is FC1(F)CCC(c2cc(Cl)nnc2Cl)C1. The van der Waals surface area contributed by atoms with E-state index in [0.717, 1.165) is 0 Å². The van der Waals surface area contributed by atoms with E-state index >= 15 is 0 Å². The summed E-state index contributed by atoms with van der Waals surface area (Å²) < 4.78 is 26.0. The fraction of sp³-hybridized carbons (Fsp3) is 0.556. The zero-order valence-electron chi connectivity index (χ0n) is 7.68. The van der Waals surface area contributed by atoms with E-state index in [0.29, 0.717) is 12.0 Å². The molecule has 0 radical (unpaired) electrons. The maximum absolute atomic E-state index is 13.0. The Hall–Kier alpha value is -0.480. The van der Waals surface area contributed by atoms with Gasteiger partial charge in [0.15, 0.2) is 10.3 Å². The van der Waals surface area contributed by atoms with Crippen molar-refractivity contribution in [1.82, 2.24) is 10.2 Å². The first-order valence-electron chi connectivity index (χ1n) is 4.54. The van der Waals surface area contributed by atoms with E-state index in [1.54, 1.807) is 0 Å². The molecule has 1 heterocycles. The van der Waals surface area contributed by atoms with Crippen LogP contribution in [-0.4, -0.2) is 16.1 Å². The molecule has 0 N–H and O–H groups in total. The first kappa shape index (κ1) is 11.0. The van der Waals surface area contributed by atoms with Gasteiger partial charge in [0.2, 0.25) is 5.92 Å². The molecule has 2 nitrogen and oxygen atoms in total. The van der Waals surface area contributed by atoms with Crippen molar-refractivity contribution in [3.8, 4) is 0 Å². The van der Waals surface area contributed by atoms with Gasteiger partial charge < -0.3 is 0 Å². The largest absolute Gasteiger partial charge is 0.248 e. The van der Waals surface area contributed by atoms with Crippen LogP contribution in [0.25, 0.3) is 0 Å². The Balaban J connectivity index is 2.27. The Morgan fingerprint density at radius 2 is 2.07 bits per heavy atom. The van der Waals surface area contributed by atoms with Crippen LogP contribution in [0.3, 0.4) is 0 Å². The summed E-state index contributed by atoms with van der Waals surface area (Å²) in [5.41, 5.74) is 0.578. The number of aromatic nitrogens is 2. The van der Waals surface area contributed by atoms with Crippen LogP contribution >= 0.6 is 23.2 Å². The minimum Gasteiger partial charge on any atom is -0.207 e. The quantitative estimate of drug-likeness (QED) is 0.762. The van der Waals surface area contributed by atoms with Gasteiger partial charge in [-0.1, -0.05) is 23.2 Å². The van der Waals surface area contributed by atoms with Crippen molar-refractivity contribution in [1.29, 1.82) is 0 Å². The number of halogens is 4. The molecular weight excluding hydrogens is 245 g/mol. The molecule has 0 amide bonds. The van der Waals surface area contributed by atoms with Crippen molar-refractivity contribution in [2.45, 2.75) is 31.1 Å². The van der Waals surface area contributed by atoms with E-state index in [2.05, 4.69) is 10.2 Å². The van der Waals surface area contributed by atoms with Crippen LogP contribution in [-0.2, 0) is 0 Å². The van der Waals surface area contributed by atoms with E-state index in [1.165, 1.54) is 6.07 Å². The maximum Gasteiger partial charge on any atom is 0.248 e. The smallest absolute Gasteiger partial charge is 0.207 e. The zero-order valence-corrected chi connectivity index (χ0v) is 9.19. The third-order valence-corrected chi connectivity index (χ3v) is 3.07. The topological polar surface area (TPSA) is 25.8 Å². The minimum atomic E-state index is -2.59. The Morgan fingerprint density at radius 3 is 2.67 bits per heavy atom.